The maximum atomic E-state index is 11.8. The first-order valence-electron chi connectivity index (χ1n) is 5.65. The maximum Gasteiger partial charge on any atom is 0.320 e. The van der Waals surface area contributed by atoms with Crippen LogP contribution in [0.5, 0.6) is 0 Å². The summed E-state index contributed by atoms with van der Waals surface area (Å²) in [5.41, 5.74) is 5.26. The van der Waals surface area contributed by atoms with Crippen molar-refractivity contribution >= 4 is 12.3 Å². The number of carbonyl (C=O) groups is 1. The van der Waals surface area contributed by atoms with Crippen molar-refractivity contribution in [1.82, 2.24) is 0 Å². The van der Waals surface area contributed by atoms with Gasteiger partial charge in [-0.3, -0.25) is 9.18 Å². The van der Waals surface area contributed by atoms with Crippen molar-refractivity contribution in [3.05, 3.63) is 0 Å². The third-order valence-electron chi connectivity index (χ3n) is 2.26. The predicted molar refractivity (Wildman–Crippen MR) is 60.1 cm³/mol. The summed E-state index contributed by atoms with van der Waals surface area (Å²) in [7, 11) is 0. The Balaban J connectivity index is 0. The van der Waals surface area contributed by atoms with Gasteiger partial charge in [0.15, 0.2) is 0 Å². The zero-order valence-electron chi connectivity index (χ0n) is 10.1. The predicted octanol–water partition coefficient (Wildman–Crippen LogP) is 0.811. The number of aliphatic carboxylic acids is 1. The molecule has 0 aliphatic carbocycles. The molecule has 2 unspecified atom stereocenters. The minimum atomic E-state index is -1.17. The Morgan fingerprint density at radius 3 is 2.44 bits per heavy atom. The monoisotopic (exact) mass is 303 g/mol. The van der Waals surface area contributed by atoms with E-state index in [4.69, 9.17) is 15.6 Å². The van der Waals surface area contributed by atoms with Gasteiger partial charge in [-0.1, -0.05) is 12.8 Å². The summed E-state index contributed by atoms with van der Waals surface area (Å²) >= 11 is 0. The third-order valence-corrected chi connectivity index (χ3v) is 2.26. The number of halogens is 1. The first-order valence-corrected chi connectivity index (χ1v) is 5.65. The van der Waals surface area contributed by atoms with Crippen LogP contribution >= 0.6 is 0 Å². The summed E-state index contributed by atoms with van der Waals surface area (Å²) in [5, 5.41) is 8.55. The number of carbonyl (C=O) groups excluding carboxylic acids is 1. The molecule has 0 fully saturated rings. The molecule has 0 spiro atoms. The molecule has 0 aromatic rings. The largest absolute Gasteiger partial charge is 0.539 e. The topological polar surface area (TPSA) is 89.6 Å². The van der Waals surface area contributed by atoms with E-state index < -0.39 is 18.1 Å². The van der Waals surface area contributed by atoms with Gasteiger partial charge in [-0.05, 0) is 25.4 Å². The number of nitrogens with two attached hydrogens (primary N) is 1. The molecular formula is C11H19FMnNO4-. The van der Waals surface area contributed by atoms with E-state index in [-0.39, 0.29) is 30.2 Å². The van der Waals surface area contributed by atoms with Gasteiger partial charge in [0.05, 0.1) is 6.67 Å². The van der Waals surface area contributed by atoms with Gasteiger partial charge in [-0.25, -0.2) is 6.29 Å². The van der Waals surface area contributed by atoms with E-state index in [1.807, 2.05) is 0 Å². The molecule has 5 nitrogen and oxygen atoms in total. The van der Waals surface area contributed by atoms with Gasteiger partial charge in [-0.2, -0.15) is 0 Å². The molecule has 2 atom stereocenters. The van der Waals surface area contributed by atoms with Crippen molar-refractivity contribution in [2.75, 3.05) is 13.3 Å². The minimum absolute atomic E-state index is 0. The summed E-state index contributed by atoms with van der Waals surface area (Å²) in [5.74, 6) is -1.17. The van der Waals surface area contributed by atoms with E-state index in [0.717, 1.165) is 12.8 Å². The van der Waals surface area contributed by atoms with Crippen molar-refractivity contribution < 1.29 is 40.9 Å². The first-order chi connectivity index (χ1) is 8.11. The summed E-state index contributed by atoms with van der Waals surface area (Å²) in [6.45, 7) is 0.0115. The van der Waals surface area contributed by atoms with Crippen molar-refractivity contribution in [3.8, 4) is 0 Å². The quantitative estimate of drug-likeness (QED) is 0.335. The molecule has 0 amide bonds. The van der Waals surface area contributed by atoms with Gasteiger partial charge in [0.25, 0.3) is 0 Å². The van der Waals surface area contributed by atoms with Crippen LogP contribution in [0.3, 0.4) is 0 Å². The zero-order valence-corrected chi connectivity index (χ0v) is 11.3. The molecule has 0 bridgehead atoms. The summed E-state index contributed by atoms with van der Waals surface area (Å²) in [4.78, 5) is 20.9. The molecule has 0 aliphatic heterocycles. The molecule has 3 N–H and O–H groups in total. The second-order valence-electron chi connectivity index (χ2n) is 3.76. The summed E-state index contributed by atoms with van der Waals surface area (Å²) < 4.78 is 16.9. The molecule has 7 heteroatoms. The molecule has 1 radical (unpaired) electrons. The van der Waals surface area contributed by atoms with Crippen molar-refractivity contribution in [2.45, 2.75) is 44.2 Å². The van der Waals surface area contributed by atoms with Gasteiger partial charge < -0.3 is 20.4 Å². The van der Waals surface area contributed by atoms with Crippen molar-refractivity contribution in [2.24, 2.45) is 5.73 Å². The number of hydrogen-bond acceptors (Lipinski definition) is 4. The molecule has 0 aromatic heterocycles. The van der Waals surface area contributed by atoms with Gasteiger partial charge in [0.2, 0.25) is 0 Å². The Morgan fingerprint density at radius 1 is 1.33 bits per heavy atom. The molecule has 0 aliphatic rings. The van der Waals surface area contributed by atoms with Crippen LogP contribution in [0.2, 0.25) is 0 Å². The van der Waals surface area contributed by atoms with Gasteiger partial charge in [0.1, 0.15) is 6.04 Å². The average molecular weight is 303 g/mol. The third kappa shape index (κ3) is 10.7. The number of hydrogen-bond donors (Lipinski definition) is 2. The Bertz CT molecular complexity index is 231. The van der Waals surface area contributed by atoms with Gasteiger partial charge >= 0.3 is 5.97 Å². The Morgan fingerprint density at radius 2 is 1.94 bits per heavy atom. The van der Waals surface area contributed by atoms with Gasteiger partial charge in [-0.15, -0.1) is 0 Å². The van der Waals surface area contributed by atoms with Crippen molar-refractivity contribution in [3.63, 3.8) is 0 Å². The molecule has 18 heavy (non-hydrogen) atoms. The standard InChI is InChI=1S/C11H19FNO4.Mn/c12-5-3-1-2-4-6-17-9(8-14)7-10(13)11(15)16;/h9-10H,1-7,13H2,(H,15,16);/q-1;. The Labute approximate surface area is 117 Å². The normalized spacial score (nSPS) is 13.4. The van der Waals surface area contributed by atoms with Crippen LogP contribution in [0.4, 0.5) is 4.39 Å². The number of unbranched alkanes of at least 4 members (excludes halogenated alkanes) is 3. The van der Waals surface area contributed by atoms with E-state index in [2.05, 4.69) is 0 Å². The van der Waals surface area contributed by atoms with Crippen LogP contribution in [0.1, 0.15) is 32.1 Å². The molecule has 107 valence electrons. The summed E-state index contributed by atoms with van der Waals surface area (Å²) in [6, 6.07) is -1.12. The van der Waals surface area contributed by atoms with Crippen LogP contribution in [-0.2, 0) is 31.4 Å². The Hall–Kier alpha value is -0.491. The van der Waals surface area contributed by atoms with Crippen LogP contribution in [0, 0.1) is 0 Å². The fourth-order valence-corrected chi connectivity index (χ4v) is 1.26. The van der Waals surface area contributed by atoms with E-state index in [1.54, 1.807) is 6.29 Å². The molecule has 0 saturated carbocycles. The number of alkyl halides is 1. The second-order valence-corrected chi connectivity index (χ2v) is 3.76. The van der Waals surface area contributed by atoms with Crippen LogP contribution < -0.4 is 5.73 Å². The number of carboxylic acids is 1. The van der Waals surface area contributed by atoms with Crippen LogP contribution in [0.15, 0.2) is 0 Å². The molecule has 0 aromatic carbocycles. The van der Waals surface area contributed by atoms with Crippen LogP contribution in [0.25, 0.3) is 0 Å². The molecule has 0 saturated heterocycles. The number of carboxylic acid groups (broad SMARTS) is 1. The van der Waals surface area contributed by atoms with Crippen molar-refractivity contribution in [1.29, 1.82) is 0 Å². The van der Waals surface area contributed by atoms with E-state index >= 15 is 0 Å². The van der Waals surface area contributed by atoms with E-state index in [1.165, 1.54) is 0 Å². The van der Waals surface area contributed by atoms with Crippen LogP contribution in [-0.4, -0.2) is 42.8 Å². The first kappa shape index (κ1) is 19.8. The maximum absolute atomic E-state index is 11.8. The minimum Gasteiger partial charge on any atom is -0.539 e. The summed E-state index contributed by atoms with van der Waals surface area (Å²) in [6.07, 6.45) is 3.48. The SMILES string of the molecule is NC(CC([C-]=O)OCCCCCCF)C(=O)O.[Mn]. The second kappa shape index (κ2) is 13.0. The molecular weight excluding hydrogens is 284 g/mol. The smallest absolute Gasteiger partial charge is 0.320 e. The fraction of sp³-hybridized carbons (Fsp3) is 0.818. The van der Waals surface area contributed by atoms with E-state index in [9.17, 15) is 14.0 Å². The number of ether oxygens (including phenoxy) is 1. The molecule has 0 rings (SSSR count). The van der Waals surface area contributed by atoms with Gasteiger partial charge in [0, 0.05) is 23.7 Å². The van der Waals surface area contributed by atoms with E-state index in [0.29, 0.717) is 19.4 Å². The fourth-order valence-electron chi connectivity index (χ4n) is 1.26. The molecule has 0 heterocycles. The zero-order chi connectivity index (χ0) is 13.1. The average Bonchev–Trinajstić information content (AvgIpc) is 2.31. The number of rotatable bonds is 11. The Kier molecular flexibility index (Phi) is 14.3.